The van der Waals surface area contributed by atoms with Crippen LogP contribution in [0.4, 0.5) is 127 Å². The van der Waals surface area contributed by atoms with Crippen molar-refractivity contribution in [3.8, 4) is 0 Å². The van der Waals surface area contributed by atoms with Gasteiger partial charge >= 0.3 is 83.2 Å². The van der Waals surface area contributed by atoms with Crippen LogP contribution in [0, 0.1) is 0 Å². The summed E-state index contributed by atoms with van der Waals surface area (Å²) in [6.45, 7) is -4.85. The summed E-state index contributed by atoms with van der Waals surface area (Å²) in [6.07, 6.45) is -11.4. The SMILES string of the molecule is OCCOCCOCCOCCOCCC(F)(F)C(F)(F)C(F)(F)C(F)(F)C(F)(F)C(F)(F)C(F)(F)C(F)(F)C(F)(F)C(F)(F)C(F)(F)C(F)(F)C(F)(F)C(F)(F)F. The Morgan fingerprint density at radius 2 is 0.431 bits per heavy atom. The Kier molecular flexibility index (Phi) is 16.6. The Labute approximate surface area is 301 Å². The van der Waals surface area contributed by atoms with E-state index in [9.17, 15) is 127 Å². The van der Waals surface area contributed by atoms with Gasteiger partial charge in [-0.25, -0.2) is 0 Å². The summed E-state index contributed by atoms with van der Waals surface area (Å²) < 4.78 is 413. The molecule has 34 heteroatoms. The van der Waals surface area contributed by atoms with Gasteiger partial charge in [0.15, 0.2) is 0 Å². The third-order valence-electron chi connectivity index (χ3n) is 7.07. The monoisotopic (exact) mass is 940 g/mol. The van der Waals surface area contributed by atoms with Crippen molar-refractivity contribution in [2.45, 2.75) is 89.6 Å². The van der Waals surface area contributed by atoms with Crippen LogP contribution in [0.3, 0.4) is 0 Å². The molecule has 0 aliphatic carbocycles. The van der Waals surface area contributed by atoms with Crippen LogP contribution in [-0.4, -0.2) is 148 Å². The maximum absolute atomic E-state index is 14.0. The van der Waals surface area contributed by atoms with E-state index in [0.717, 1.165) is 0 Å². The number of alkyl halides is 29. The number of halogens is 29. The second kappa shape index (κ2) is 17.3. The minimum atomic E-state index is -9.95. The molecule has 5 nitrogen and oxygen atoms in total. The zero-order valence-electron chi connectivity index (χ0n) is 27.1. The third kappa shape index (κ3) is 8.76. The highest BCUT2D eigenvalue weighted by molar-refractivity contribution is 5.21. The number of aliphatic hydroxyl groups is 1. The van der Waals surface area contributed by atoms with Crippen LogP contribution in [0.5, 0.6) is 0 Å². The number of aliphatic hydroxyl groups excluding tert-OH is 1. The Morgan fingerprint density at radius 3 is 0.655 bits per heavy atom. The van der Waals surface area contributed by atoms with Crippen LogP contribution in [0.2, 0.25) is 0 Å². The predicted octanol–water partition coefficient (Wildman–Crippen LogP) is 9.26. The van der Waals surface area contributed by atoms with E-state index in [1.54, 1.807) is 0 Å². The van der Waals surface area contributed by atoms with Crippen LogP contribution in [-0.2, 0) is 18.9 Å². The molecule has 0 aromatic rings. The summed E-state index contributed by atoms with van der Waals surface area (Å²) in [5.41, 5.74) is 0. The standard InChI is InChI=1S/C24H21F29O5/c25-11(26,1-3-55-5-7-57-9-10-58-8-6-56-4-2-54)12(27,28)13(29,30)14(31,32)15(33,34)16(35,36)17(37,38)18(39,40)19(41,42)20(43,44)21(45,46)22(47,48)23(49,50)24(51,52)53/h54H,1-10H2. The van der Waals surface area contributed by atoms with Gasteiger partial charge in [-0.2, -0.15) is 127 Å². The second-order valence-corrected chi connectivity index (χ2v) is 11.0. The Morgan fingerprint density at radius 1 is 0.241 bits per heavy atom. The molecule has 0 heterocycles. The number of rotatable bonds is 26. The van der Waals surface area contributed by atoms with E-state index in [4.69, 9.17) is 19.3 Å². The summed E-state index contributed by atoms with van der Waals surface area (Å²) in [5.74, 6) is -121. The topological polar surface area (TPSA) is 57.2 Å². The molecular weight excluding hydrogens is 919 g/mol. The zero-order valence-corrected chi connectivity index (χ0v) is 27.1. The second-order valence-electron chi connectivity index (χ2n) is 11.0. The van der Waals surface area contributed by atoms with Gasteiger partial charge in [0.25, 0.3) is 0 Å². The summed E-state index contributed by atoms with van der Waals surface area (Å²) in [4.78, 5) is 0. The van der Waals surface area contributed by atoms with Crippen LogP contribution < -0.4 is 0 Å². The van der Waals surface area contributed by atoms with Crippen LogP contribution in [0.15, 0.2) is 0 Å². The van der Waals surface area contributed by atoms with Crippen molar-refractivity contribution in [2.75, 3.05) is 59.5 Å². The van der Waals surface area contributed by atoms with Crippen molar-refractivity contribution in [3.05, 3.63) is 0 Å². The molecule has 0 aromatic carbocycles. The Bertz CT molecular complexity index is 1310. The highest BCUT2D eigenvalue weighted by Crippen LogP contribution is 2.69. The number of ether oxygens (including phenoxy) is 4. The molecule has 350 valence electrons. The minimum absolute atomic E-state index is 0.0291. The average molecular weight is 940 g/mol. The molecule has 0 rings (SSSR count). The molecule has 0 amide bonds. The fraction of sp³-hybridized carbons (Fsp3) is 1.00. The molecule has 0 fully saturated rings. The third-order valence-corrected chi connectivity index (χ3v) is 7.07. The molecule has 0 saturated carbocycles. The van der Waals surface area contributed by atoms with Gasteiger partial charge in [0, 0.05) is 6.42 Å². The fourth-order valence-corrected chi connectivity index (χ4v) is 3.56. The Hall–Kier alpha value is -2.23. The molecule has 58 heavy (non-hydrogen) atoms. The summed E-state index contributed by atoms with van der Waals surface area (Å²) in [7, 11) is 0. The van der Waals surface area contributed by atoms with Gasteiger partial charge in [-0.3, -0.25) is 0 Å². The molecule has 0 unspecified atom stereocenters. The van der Waals surface area contributed by atoms with E-state index in [1.807, 2.05) is 0 Å². The van der Waals surface area contributed by atoms with Crippen molar-refractivity contribution in [3.63, 3.8) is 0 Å². The molecular formula is C24H21F29O5. The highest BCUT2D eigenvalue weighted by atomic mass is 19.4. The van der Waals surface area contributed by atoms with Gasteiger partial charge in [-0.1, -0.05) is 0 Å². The molecule has 1 N–H and O–H groups in total. The van der Waals surface area contributed by atoms with Crippen molar-refractivity contribution in [2.24, 2.45) is 0 Å². The molecule has 0 atom stereocenters. The van der Waals surface area contributed by atoms with Gasteiger partial charge in [0.05, 0.1) is 59.5 Å². The number of hydrogen-bond acceptors (Lipinski definition) is 5. The van der Waals surface area contributed by atoms with Gasteiger partial charge in [0.2, 0.25) is 0 Å². The highest BCUT2D eigenvalue weighted by Gasteiger charge is 3.00. The fourth-order valence-electron chi connectivity index (χ4n) is 3.56. The zero-order chi connectivity index (χ0) is 46.9. The molecule has 0 saturated heterocycles. The van der Waals surface area contributed by atoms with Gasteiger partial charge < -0.3 is 24.1 Å². The van der Waals surface area contributed by atoms with E-state index < -0.39 is 109 Å². The lowest BCUT2D eigenvalue weighted by atomic mass is 9.83. The molecule has 0 spiro atoms. The largest absolute Gasteiger partial charge is 0.460 e. The van der Waals surface area contributed by atoms with Gasteiger partial charge in [-0.15, -0.1) is 0 Å². The average Bonchev–Trinajstić information content (AvgIpc) is 3.05. The van der Waals surface area contributed by atoms with Gasteiger partial charge in [0.1, 0.15) is 0 Å². The van der Waals surface area contributed by atoms with Crippen LogP contribution in [0.25, 0.3) is 0 Å². The molecule has 0 aliphatic heterocycles. The van der Waals surface area contributed by atoms with E-state index >= 15 is 0 Å². The van der Waals surface area contributed by atoms with Crippen LogP contribution in [0.1, 0.15) is 6.42 Å². The Balaban J connectivity index is 6.51. The lowest BCUT2D eigenvalue weighted by Gasteiger charge is -2.46. The summed E-state index contributed by atoms with van der Waals surface area (Å²) in [5, 5.41) is 8.45. The lowest BCUT2D eigenvalue weighted by Crippen LogP contribution is -2.79. The minimum Gasteiger partial charge on any atom is -0.394 e. The number of hydrogen-bond donors (Lipinski definition) is 1. The smallest absolute Gasteiger partial charge is 0.394 e. The van der Waals surface area contributed by atoms with E-state index in [-0.39, 0.29) is 39.6 Å². The molecule has 0 aromatic heterocycles. The van der Waals surface area contributed by atoms with E-state index in [2.05, 4.69) is 4.74 Å². The molecule has 0 aliphatic rings. The van der Waals surface area contributed by atoms with Crippen molar-refractivity contribution >= 4 is 0 Å². The van der Waals surface area contributed by atoms with Crippen molar-refractivity contribution < 1.29 is 151 Å². The first-order valence-electron chi connectivity index (χ1n) is 14.2. The van der Waals surface area contributed by atoms with Crippen LogP contribution >= 0.6 is 0 Å². The maximum Gasteiger partial charge on any atom is 0.460 e. The lowest BCUT2D eigenvalue weighted by molar-refractivity contribution is -0.487. The molecule has 0 bridgehead atoms. The van der Waals surface area contributed by atoms with E-state index in [1.165, 1.54) is 0 Å². The van der Waals surface area contributed by atoms with E-state index in [0.29, 0.717) is 0 Å². The maximum atomic E-state index is 14.0. The first-order valence-corrected chi connectivity index (χ1v) is 14.2. The first kappa shape index (κ1) is 55.8. The quantitative estimate of drug-likeness (QED) is 0.0693. The molecule has 0 radical (unpaired) electrons. The summed E-state index contributed by atoms with van der Waals surface area (Å²) >= 11 is 0. The summed E-state index contributed by atoms with van der Waals surface area (Å²) in [6, 6.07) is 0. The van der Waals surface area contributed by atoms with Gasteiger partial charge in [-0.05, 0) is 0 Å². The van der Waals surface area contributed by atoms with Crippen molar-refractivity contribution in [1.82, 2.24) is 0 Å². The predicted molar refractivity (Wildman–Crippen MR) is 125 cm³/mol. The first-order chi connectivity index (χ1) is 25.3. The van der Waals surface area contributed by atoms with Crippen molar-refractivity contribution in [1.29, 1.82) is 0 Å². The normalized spacial score (nSPS) is 16.0.